The van der Waals surface area contributed by atoms with Crippen molar-refractivity contribution in [1.82, 2.24) is 4.72 Å². The molecule has 0 bridgehead atoms. The Labute approximate surface area is 154 Å². The van der Waals surface area contributed by atoms with Gasteiger partial charge >= 0.3 is 0 Å². The largest absolute Gasteiger partial charge is 0.494 e. The van der Waals surface area contributed by atoms with Crippen molar-refractivity contribution in [3.8, 4) is 5.75 Å². The lowest BCUT2D eigenvalue weighted by Crippen LogP contribution is -2.32. The highest BCUT2D eigenvalue weighted by Crippen LogP contribution is 2.16. The summed E-state index contributed by atoms with van der Waals surface area (Å²) < 4.78 is 32.2. The van der Waals surface area contributed by atoms with Crippen LogP contribution < -0.4 is 14.8 Å². The van der Waals surface area contributed by atoms with Crippen molar-refractivity contribution in [2.45, 2.75) is 31.6 Å². The molecule has 6 nitrogen and oxygen atoms in total. The average Bonchev–Trinajstić information content (AvgIpc) is 2.62. The van der Waals surface area contributed by atoms with Crippen LogP contribution in [0.15, 0.2) is 53.4 Å². The molecular weight excluding hydrogens is 352 g/mol. The van der Waals surface area contributed by atoms with E-state index in [4.69, 9.17) is 4.74 Å². The predicted molar refractivity (Wildman–Crippen MR) is 102 cm³/mol. The summed E-state index contributed by atoms with van der Waals surface area (Å²) in [6.45, 7) is 4.28. The molecule has 0 unspecified atom stereocenters. The van der Waals surface area contributed by atoms with Gasteiger partial charge in [-0.3, -0.25) is 4.79 Å². The van der Waals surface area contributed by atoms with Crippen molar-refractivity contribution >= 4 is 21.6 Å². The first-order valence-corrected chi connectivity index (χ1v) is 9.98. The molecule has 0 saturated carbocycles. The van der Waals surface area contributed by atoms with Crippen molar-refractivity contribution in [2.75, 3.05) is 18.5 Å². The lowest BCUT2D eigenvalue weighted by molar-refractivity contribution is -0.115. The number of benzene rings is 2. The Bertz CT molecular complexity index is 816. The lowest BCUT2D eigenvalue weighted by Gasteiger charge is -2.09. The van der Waals surface area contributed by atoms with Crippen molar-refractivity contribution in [2.24, 2.45) is 0 Å². The van der Waals surface area contributed by atoms with Gasteiger partial charge in [-0.15, -0.1) is 0 Å². The topological polar surface area (TPSA) is 84.5 Å². The molecule has 2 aromatic carbocycles. The highest BCUT2D eigenvalue weighted by atomic mass is 32.2. The van der Waals surface area contributed by atoms with Crippen LogP contribution in [0.5, 0.6) is 5.75 Å². The molecule has 0 heterocycles. The Hall–Kier alpha value is -2.38. The van der Waals surface area contributed by atoms with Crippen LogP contribution in [-0.4, -0.2) is 27.5 Å². The first-order chi connectivity index (χ1) is 12.4. The normalized spacial score (nSPS) is 11.2. The van der Waals surface area contributed by atoms with Gasteiger partial charge < -0.3 is 10.1 Å². The fourth-order valence-corrected chi connectivity index (χ4v) is 3.12. The van der Waals surface area contributed by atoms with Gasteiger partial charge in [0.15, 0.2) is 0 Å². The number of carbonyl (C=O) groups is 1. The number of aryl methyl sites for hydroxylation is 1. The quantitative estimate of drug-likeness (QED) is 0.659. The Morgan fingerprint density at radius 1 is 1.04 bits per heavy atom. The van der Waals surface area contributed by atoms with Crippen LogP contribution in [0.1, 0.15) is 25.3 Å². The second-order valence-electron chi connectivity index (χ2n) is 5.91. The smallest absolute Gasteiger partial charge is 0.241 e. The SMILES string of the molecule is CCCCOc1ccc(NC(=O)CNS(=O)(=O)c2ccc(C)cc2)cc1. The van der Waals surface area contributed by atoms with Crippen LogP contribution in [0.3, 0.4) is 0 Å². The van der Waals surface area contributed by atoms with E-state index in [1.54, 1.807) is 36.4 Å². The minimum Gasteiger partial charge on any atom is -0.494 e. The van der Waals surface area contributed by atoms with Gasteiger partial charge in [0, 0.05) is 5.69 Å². The number of nitrogens with one attached hydrogen (secondary N) is 2. The average molecular weight is 376 g/mol. The van der Waals surface area contributed by atoms with Crippen LogP contribution in [-0.2, 0) is 14.8 Å². The molecular formula is C19H24N2O4S. The van der Waals surface area contributed by atoms with Crippen LogP contribution in [0.4, 0.5) is 5.69 Å². The van der Waals surface area contributed by atoms with E-state index in [1.807, 2.05) is 6.92 Å². The number of anilines is 1. The Morgan fingerprint density at radius 3 is 2.31 bits per heavy atom. The number of amides is 1. The molecule has 2 N–H and O–H groups in total. The second kappa shape index (κ2) is 9.35. The van der Waals surface area contributed by atoms with Crippen molar-refractivity contribution in [1.29, 1.82) is 0 Å². The van der Waals surface area contributed by atoms with Gasteiger partial charge in [-0.1, -0.05) is 31.0 Å². The molecule has 0 aliphatic heterocycles. The van der Waals surface area contributed by atoms with Gasteiger partial charge in [0.2, 0.25) is 15.9 Å². The van der Waals surface area contributed by atoms with Crippen molar-refractivity contribution in [3.05, 3.63) is 54.1 Å². The van der Waals surface area contributed by atoms with E-state index in [0.29, 0.717) is 12.3 Å². The van der Waals surface area contributed by atoms with Gasteiger partial charge in [-0.2, -0.15) is 0 Å². The van der Waals surface area contributed by atoms with Crippen LogP contribution >= 0.6 is 0 Å². The molecule has 0 saturated heterocycles. The van der Waals surface area contributed by atoms with Gasteiger partial charge in [0.1, 0.15) is 5.75 Å². The number of hydrogen-bond donors (Lipinski definition) is 2. The summed E-state index contributed by atoms with van der Waals surface area (Å²) in [5.41, 5.74) is 1.54. The van der Waals surface area contributed by atoms with E-state index in [2.05, 4.69) is 17.0 Å². The molecule has 0 radical (unpaired) electrons. The van der Waals surface area contributed by atoms with E-state index in [0.717, 1.165) is 24.2 Å². The standard InChI is InChI=1S/C19H24N2O4S/c1-3-4-13-25-17-9-7-16(8-10-17)21-19(22)14-20-26(23,24)18-11-5-15(2)6-12-18/h5-12,20H,3-4,13-14H2,1-2H3,(H,21,22). The summed E-state index contributed by atoms with van der Waals surface area (Å²) in [5.74, 6) is 0.289. The maximum absolute atomic E-state index is 12.2. The van der Waals surface area contributed by atoms with Crippen LogP contribution in [0.2, 0.25) is 0 Å². The molecule has 2 aromatic rings. The Balaban J connectivity index is 1.85. The molecule has 0 aromatic heterocycles. The van der Waals surface area contributed by atoms with E-state index in [9.17, 15) is 13.2 Å². The van der Waals surface area contributed by atoms with E-state index in [1.165, 1.54) is 12.1 Å². The van der Waals surface area contributed by atoms with Crippen LogP contribution in [0.25, 0.3) is 0 Å². The van der Waals surface area contributed by atoms with Crippen molar-refractivity contribution < 1.29 is 17.9 Å². The Morgan fingerprint density at radius 2 is 1.69 bits per heavy atom. The monoisotopic (exact) mass is 376 g/mol. The molecule has 0 fully saturated rings. The zero-order valence-corrected chi connectivity index (χ0v) is 15.8. The maximum Gasteiger partial charge on any atom is 0.241 e. The number of carbonyl (C=O) groups excluding carboxylic acids is 1. The molecule has 2 rings (SSSR count). The summed E-state index contributed by atoms with van der Waals surface area (Å²) in [6.07, 6.45) is 2.05. The second-order valence-corrected chi connectivity index (χ2v) is 7.68. The third kappa shape index (κ3) is 6.16. The Kier molecular flexibility index (Phi) is 7.17. The molecule has 7 heteroatoms. The summed E-state index contributed by atoms with van der Waals surface area (Å²) in [7, 11) is -3.71. The number of ether oxygens (including phenoxy) is 1. The molecule has 0 atom stereocenters. The summed E-state index contributed by atoms with van der Waals surface area (Å²) >= 11 is 0. The number of unbranched alkanes of at least 4 members (excludes halogenated alkanes) is 1. The summed E-state index contributed by atoms with van der Waals surface area (Å²) in [5, 5.41) is 2.65. The fraction of sp³-hybridized carbons (Fsp3) is 0.316. The number of sulfonamides is 1. The van der Waals surface area contributed by atoms with Gasteiger partial charge in [-0.25, -0.2) is 13.1 Å². The zero-order chi connectivity index (χ0) is 19.0. The first-order valence-electron chi connectivity index (χ1n) is 8.50. The minimum absolute atomic E-state index is 0.129. The van der Waals surface area contributed by atoms with Gasteiger partial charge in [0.05, 0.1) is 18.0 Å². The first kappa shape index (κ1) is 19.9. The molecule has 140 valence electrons. The number of hydrogen-bond acceptors (Lipinski definition) is 4. The fourth-order valence-electron chi connectivity index (χ4n) is 2.14. The van der Waals surface area contributed by atoms with E-state index >= 15 is 0 Å². The maximum atomic E-state index is 12.2. The zero-order valence-electron chi connectivity index (χ0n) is 15.0. The van der Waals surface area contributed by atoms with Gasteiger partial charge in [-0.05, 0) is 49.7 Å². The summed E-state index contributed by atoms with van der Waals surface area (Å²) in [6, 6.07) is 13.4. The molecule has 0 spiro atoms. The van der Waals surface area contributed by atoms with Gasteiger partial charge in [0.25, 0.3) is 0 Å². The molecule has 26 heavy (non-hydrogen) atoms. The highest BCUT2D eigenvalue weighted by molar-refractivity contribution is 7.89. The third-order valence-corrected chi connectivity index (χ3v) is 5.08. The third-order valence-electron chi connectivity index (χ3n) is 3.66. The van der Waals surface area contributed by atoms with E-state index < -0.39 is 15.9 Å². The molecule has 0 aliphatic rings. The lowest BCUT2D eigenvalue weighted by atomic mass is 10.2. The summed E-state index contributed by atoms with van der Waals surface area (Å²) in [4.78, 5) is 12.1. The van der Waals surface area contributed by atoms with E-state index in [-0.39, 0.29) is 11.4 Å². The molecule has 0 aliphatic carbocycles. The molecule has 1 amide bonds. The minimum atomic E-state index is -3.71. The number of rotatable bonds is 9. The predicted octanol–water partition coefficient (Wildman–Crippen LogP) is 3.09. The highest BCUT2D eigenvalue weighted by Gasteiger charge is 2.15. The van der Waals surface area contributed by atoms with Crippen molar-refractivity contribution in [3.63, 3.8) is 0 Å². The van der Waals surface area contributed by atoms with Crippen LogP contribution in [0, 0.1) is 6.92 Å².